The Kier molecular flexibility index (Phi) is 3.73. The van der Waals surface area contributed by atoms with Gasteiger partial charge in [0.2, 0.25) is 0 Å². The number of halogens is 1. The fourth-order valence-electron chi connectivity index (χ4n) is 2.47. The minimum atomic E-state index is 0.0131. The van der Waals surface area contributed by atoms with E-state index in [2.05, 4.69) is 9.88 Å². The van der Waals surface area contributed by atoms with Gasteiger partial charge in [-0.2, -0.15) is 0 Å². The molecule has 100 valence electrons. The number of thiazole rings is 1. The van der Waals surface area contributed by atoms with Crippen LogP contribution in [0, 0.1) is 0 Å². The van der Waals surface area contributed by atoms with Crippen LogP contribution in [0.2, 0.25) is 5.02 Å². The van der Waals surface area contributed by atoms with Crippen LogP contribution in [0.4, 0.5) is 0 Å². The predicted molar refractivity (Wildman–Crippen MR) is 79.9 cm³/mol. The van der Waals surface area contributed by atoms with Crippen LogP contribution >= 0.6 is 22.9 Å². The molecule has 2 heterocycles. The average Bonchev–Trinajstić information content (AvgIpc) is 3.01. The second-order valence-corrected chi connectivity index (χ2v) is 6.31. The van der Waals surface area contributed by atoms with Crippen molar-refractivity contribution < 1.29 is 0 Å². The molecule has 0 bridgehead atoms. The van der Waals surface area contributed by atoms with E-state index in [-0.39, 0.29) is 4.87 Å². The third-order valence-electron chi connectivity index (χ3n) is 3.42. The fourth-order valence-corrected chi connectivity index (χ4v) is 3.49. The van der Waals surface area contributed by atoms with Gasteiger partial charge in [0.15, 0.2) is 0 Å². The Hall–Kier alpha value is -1.10. The number of hydrogen-bond acceptors (Lipinski definition) is 3. The lowest BCUT2D eigenvalue weighted by Crippen LogP contribution is -2.18. The molecule has 1 saturated heterocycles. The highest BCUT2D eigenvalue weighted by Crippen LogP contribution is 2.26. The monoisotopic (exact) mass is 294 g/mol. The molecule has 0 amide bonds. The number of hydrogen-bond donors (Lipinski definition) is 1. The number of aromatic amines is 1. The van der Waals surface area contributed by atoms with Crippen LogP contribution in [-0.4, -0.2) is 23.0 Å². The van der Waals surface area contributed by atoms with Gasteiger partial charge >= 0.3 is 4.87 Å². The van der Waals surface area contributed by atoms with Crippen LogP contribution in [-0.2, 0) is 6.54 Å². The molecule has 1 N–H and O–H groups in total. The molecule has 1 aromatic heterocycles. The van der Waals surface area contributed by atoms with E-state index >= 15 is 0 Å². The van der Waals surface area contributed by atoms with Crippen LogP contribution < -0.4 is 4.87 Å². The summed E-state index contributed by atoms with van der Waals surface area (Å²) in [6.07, 6.45) is 2.52. The van der Waals surface area contributed by atoms with Crippen molar-refractivity contribution >= 4 is 22.9 Å². The average molecular weight is 295 g/mol. The van der Waals surface area contributed by atoms with Gasteiger partial charge in [0.1, 0.15) is 0 Å². The maximum Gasteiger partial charge on any atom is 0.305 e. The SMILES string of the molecule is O=c1[nH]c(-c2ccc(Cl)cc2)c(CN2CCCC2)s1. The first-order valence-corrected chi connectivity index (χ1v) is 7.62. The van der Waals surface area contributed by atoms with E-state index in [4.69, 9.17) is 11.6 Å². The third kappa shape index (κ3) is 2.91. The van der Waals surface area contributed by atoms with Gasteiger partial charge < -0.3 is 4.98 Å². The molecular weight excluding hydrogens is 280 g/mol. The molecule has 0 radical (unpaired) electrons. The van der Waals surface area contributed by atoms with Crippen molar-refractivity contribution in [3.05, 3.63) is 43.8 Å². The summed E-state index contributed by atoms with van der Waals surface area (Å²) in [5.41, 5.74) is 1.97. The highest BCUT2D eigenvalue weighted by atomic mass is 35.5. The van der Waals surface area contributed by atoms with Gasteiger partial charge in [-0.3, -0.25) is 9.69 Å². The number of benzene rings is 1. The number of H-pyrrole nitrogens is 1. The summed E-state index contributed by atoms with van der Waals surface area (Å²) >= 11 is 7.22. The third-order valence-corrected chi connectivity index (χ3v) is 4.54. The Balaban J connectivity index is 1.92. The Morgan fingerprint density at radius 2 is 1.89 bits per heavy atom. The molecule has 0 atom stereocenters. The zero-order valence-electron chi connectivity index (χ0n) is 10.5. The van der Waals surface area contributed by atoms with E-state index in [0.29, 0.717) is 5.02 Å². The zero-order chi connectivity index (χ0) is 13.2. The lowest BCUT2D eigenvalue weighted by Gasteiger charge is -2.14. The van der Waals surface area contributed by atoms with Crippen molar-refractivity contribution in [1.82, 2.24) is 9.88 Å². The van der Waals surface area contributed by atoms with Crippen molar-refractivity contribution in [2.75, 3.05) is 13.1 Å². The van der Waals surface area contributed by atoms with E-state index in [9.17, 15) is 4.79 Å². The molecule has 1 aromatic carbocycles. The summed E-state index contributed by atoms with van der Waals surface area (Å²) in [5, 5.41) is 0.711. The maximum atomic E-state index is 11.6. The zero-order valence-corrected chi connectivity index (χ0v) is 12.1. The van der Waals surface area contributed by atoms with Crippen LogP contribution in [0.1, 0.15) is 17.7 Å². The van der Waals surface area contributed by atoms with Gasteiger partial charge in [-0.15, -0.1) is 0 Å². The lowest BCUT2D eigenvalue weighted by atomic mass is 10.1. The first kappa shape index (κ1) is 12.9. The van der Waals surface area contributed by atoms with Gasteiger partial charge in [0.25, 0.3) is 0 Å². The summed E-state index contributed by atoms with van der Waals surface area (Å²) < 4.78 is 0. The molecule has 1 aliphatic heterocycles. The highest BCUT2D eigenvalue weighted by Gasteiger charge is 2.17. The van der Waals surface area contributed by atoms with E-state index in [1.807, 2.05) is 24.3 Å². The summed E-state index contributed by atoms with van der Waals surface area (Å²) in [7, 11) is 0. The summed E-state index contributed by atoms with van der Waals surface area (Å²) in [6, 6.07) is 7.61. The van der Waals surface area contributed by atoms with Gasteiger partial charge in [-0.1, -0.05) is 35.1 Å². The Morgan fingerprint density at radius 3 is 2.58 bits per heavy atom. The largest absolute Gasteiger partial charge is 0.312 e. The topological polar surface area (TPSA) is 36.1 Å². The quantitative estimate of drug-likeness (QED) is 0.942. The molecule has 0 saturated carbocycles. The van der Waals surface area contributed by atoms with Gasteiger partial charge in [0.05, 0.1) is 5.69 Å². The van der Waals surface area contributed by atoms with Crippen LogP contribution in [0.3, 0.4) is 0 Å². The van der Waals surface area contributed by atoms with E-state index in [1.165, 1.54) is 24.2 Å². The molecule has 3 rings (SSSR count). The molecule has 0 aliphatic carbocycles. The molecular formula is C14H15ClN2OS. The number of nitrogens with one attached hydrogen (secondary N) is 1. The van der Waals surface area contributed by atoms with Crippen LogP contribution in [0.15, 0.2) is 29.1 Å². The molecule has 1 fully saturated rings. The molecule has 0 spiro atoms. The molecule has 5 heteroatoms. The molecule has 2 aromatic rings. The fraction of sp³-hybridized carbons (Fsp3) is 0.357. The normalized spacial score (nSPS) is 16.1. The Morgan fingerprint density at radius 1 is 1.21 bits per heavy atom. The molecule has 19 heavy (non-hydrogen) atoms. The first-order valence-electron chi connectivity index (χ1n) is 6.42. The summed E-state index contributed by atoms with van der Waals surface area (Å²) in [5.74, 6) is 0. The minimum Gasteiger partial charge on any atom is -0.312 e. The summed E-state index contributed by atoms with van der Waals surface area (Å²) in [4.78, 5) is 18.1. The van der Waals surface area contributed by atoms with E-state index < -0.39 is 0 Å². The van der Waals surface area contributed by atoms with E-state index in [0.717, 1.165) is 35.8 Å². The van der Waals surface area contributed by atoms with E-state index in [1.54, 1.807) is 0 Å². The number of aromatic nitrogens is 1. The van der Waals surface area contributed by atoms with Crippen molar-refractivity contribution in [2.24, 2.45) is 0 Å². The number of nitrogens with zero attached hydrogens (tertiary/aromatic N) is 1. The maximum absolute atomic E-state index is 11.6. The van der Waals surface area contributed by atoms with Gasteiger partial charge in [0, 0.05) is 16.4 Å². The second kappa shape index (κ2) is 5.49. The van der Waals surface area contributed by atoms with Crippen molar-refractivity contribution in [2.45, 2.75) is 19.4 Å². The smallest absolute Gasteiger partial charge is 0.305 e. The molecule has 0 unspecified atom stereocenters. The molecule has 3 nitrogen and oxygen atoms in total. The number of rotatable bonds is 3. The van der Waals surface area contributed by atoms with Crippen molar-refractivity contribution in [3.63, 3.8) is 0 Å². The number of likely N-dealkylation sites (tertiary alicyclic amines) is 1. The Labute approximate surface area is 120 Å². The van der Waals surface area contributed by atoms with Crippen molar-refractivity contribution in [3.8, 4) is 11.3 Å². The van der Waals surface area contributed by atoms with Crippen LogP contribution in [0.25, 0.3) is 11.3 Å². The van der Waals surface area contributed by atoms with Crippen LogP contribution in [0.5, 0.6) is 0 Å². The lowest BCUT2D eigenvalue weighted by molar-refractivity contribution is 0.334. The van der Waals surface area contributed by atoms with Gasteiger partial charge in [-0.05, 0) is 43.6 Å². The van der Waals surface area contributed by atoms with Gasteiger partial charge in [-0.25, -0.2) is 0 Å². The summed E-state index contributed by atoms with van der Waals surface area (Å²) in [6.45, 7) is 3.12. The second-order valence-electron chi connectivity index (χ2n) is 4.80. The minimum absolute atomic E-state index is 0.0131. The highest BCUT2D eigenvalue weighted by molar-refractivity contribution is 7.09. The predicted octanol–water partition coefficient (Wildman–Crippen LogP) is 3.35. The standard InChI is InChI=1S/C14H15ClN2OS/c15-11-5-3-10(4-6-11)13-12(19-14(18)16-13)9-17-7-1-2-8-17/h3-6H,1-2,7-9H2,(H,16,18). The first-order chi connectivity index (χ1) is 9.22. The molecule has 1 aliphatic rings. The van der Waals surface area contributed by atoms with Crippen molar-refractivity contribution in [1.29, 1.82) is 0 Å². The Bertz CT molecular complexity index is 611.